The number of aromatic nitrogens is 3. The number of carbonyl (C=O) groups is 1. The molecule has 0 spiro atoms. The lowest BCUT2D eigenvalue weighted by Crippen LogP contribution is -2.15. The van der Waals surface area contributed by atoms with E-state index in [0.29, 0.717) is 23.2 Å². The Morgan fingerprint density at radius 3 is 2.78 bits per heavy atom. The molecule has 9 nitrogen and oxygen atoms in total. The molecule has 0 radical (unpaired) electrons. The van der Waals surface area contributed by atoms with Crippen LogP contribution < -0.4 is 10.2 Å². The second-order valence-electron chi connectivity index (χ2n) is 6.91. The molecule has 1 heterocycles. The number of benzene rings is 2. The van der Waals surface area contributed by atoms with Crippen LogP contribution in [-0.2, 0) is 11.3 Å². The van der Waals surface area contributed by atoms with Gasteiger partial charge in [-0.05, 0) is 24.3 Å². The molecule has 0 atom stereocenters. The average Bonchev–Trinajstić information content (AvgIpc) is 3.16. The van der Waals surface area contributed by atoms with Crippen LogP contribution in [0.3, 0.4) is 0 Å². The number of hydrogen-bond acceptors (Lipinski definition) is 7. The molecular weight excluding hydrogens is 452 g/mol. The molecule has 0 saturated carbocycles. The molecule has 3 rings (SSSR count). The maximum atomic E-state index is 12.4. The van der Waals surface area contributed by atoms with Gasteiger partial charge in [0, 0.05) is 43.6 Å². The van der Waals surface area contributed by atoms with Crippen LogP contribution in [0, 0.1) is 10.1 Å². The third-order valence-corrected chi connectivity index (χ3v) is 5.69. The summed E-state index contributed by atoms with van der Waals surface area (Å²) in [5, 5.41) is 22.8. The standard InChI is InChI=1S/C21H21ClN6O3S/c1-4-10-27-20(14-6-5-7-16(11-14)26(2)3)24-25-21(27)32-13-19(29)23-15-8-9-17(22)18(12-15)28(30)31/h4-9,11-12H,1,10,13H2,2-3H3,(H,23,29). The fourth-order valence-electron chi connectivity index (χ4n) is 2.88. The van der Waals surface area contributed by atoms with Crippen molar-refractivity contribution in [1.29, 1.82) is 0 Å². The van der Waals surface area contributed by atoms with Crippen LogP contribution in [-0.4, -0.2) is 45.4 Å². The third kappa shape index (κ3) is 5.45. The summed E-state index contributed by atoms with van der Waals surface area (Å²) in [6, 6.07) is 12.0. The molecule has 11 heteroatoms. The summed E-state index contributed by atoms with van der Waals surface area (Å²) in [5.74, 6) is 0.379. The highest BCUT2D eigenvalue weighted by atomic mass is 35.5. The van der Waals surface area contributed by atoms with Crippen molar-refractivity contribution in [2.24, 2.45) is 0 Å². The molecule has 0 fully saturated rings. The molecule has 0 saturated heterocycles. The quantitative estimate of drug-likeness (QED) is 0.211. The first-order valence-electron chi connectivity index (χ1n) is 9.48. The number of amides is 1. The van der Waals surface area contributed by atoms with Gasteiger partial charge in [0.15, 0.2) is 11.0 Å². The lowest BCUT2D eigenvalue weighted by atomic mass is 10.2. The van der Waals surface area contributed by atoms with Crippen LogP contribution in [0.1, 0.15) is 0 Å². The summed E-state index contributed by atoms with van der Waals surface area (Å²) in [6.45, 7) is 4.27. The Balaban J connectivity index is 1.75. The molecule has 1 aromatic heterocycles. The number of carbonyl (C=O) groups excluding carboxylic acids is 1. The van der Waals surface area contributed by atoms with Gasteiger partial charge in [0.1, 0.15) is 5.02 Å². The van der Waals surface area contributed by atoms with Crippen molar-refractivity contribution in [3.8, 4) is 11.4 Å². The number of hydrogen-bond donors (Lipinski definition) is 1. The number of nitro groups is 1. The Kier molecular flexibility index (Phi) is 7.49. The fourth-order valence-corrected chi connectivity index (χ4v) is 3.82. The first-order valence-corrected chi connectivity index (χ1v) is 10.8. The maximum Gasteiger partial charge on any atom is 0.289 e. The minimum Gasteiger partial charge on any atom is -0.378 e. The number of nitro benzene ring substituents is 1. The van der Waals surface area contributed by atoms with Crippen molar-refractivity contribution in [3.63, 3.8) is 0 Å². The van der Waals surface area contributed by atoms with E-state index in [1.807, 2.05) is 47.8 Å². The Labute approximate surface area is 194 Å². The van der Waals surface area contributed by atoms with E-state index in [-0.39, 0.29) is 22.4 Å². The van der Waals surface area contributed by atoms with Crippen molar-refractivity contribution in [2.45, 2.75) is 11.7 Å². The lowest BCUT2D eigenvalue weighted by molar-refractivity contribution is -0.384. The van der Waals surface area contributed by atoms with Crippen molar-refractivity contribution in [3.05, 3.63) is 70.3 Å². The van der Waals surface area contributed by atoms with Gasteiger partial charge in [-0.1, -0.05) is 41.6 Å². The normalized spacial score (nSPS) is 10.6. The van der Waals surface area contributed by atoms with Crippen LogP contribution in [0.4, 0.5) is 17.1 Å². The molecule has 1 N–H and O–H groups in total. The van der Waals surface area contributed by atoms with E-state index in [1.54, 1.807) is 6.08 Å². The fraction of sp³-hybridized carbons (Fsp3) is 0.190. The van der Waals surface area contributed by atoms with Gasteiger partial charge in [0.2, 0.25) is 5.91 Å². The van der Waals surface area contributed by atoms with Gasteiger partial charge in [0.05, 0.1) is 10.7 Å². The molecule has 0 unspecified atom stereocenters. The monoisotopic (exact) mass is 472 g/mol. The van der Waals surface area contributed by atoms with Crippen LogP contribution in [0.2, 0.25) is 5.02 Å². The highest BCUT2D eigenvalue weighted by molar-refractivity contribution is 7.99. The van der Waals surface area contributed by atoms with E-state index in [1.165, 1.54) is 30.0 Å². The van der Waals surface area contributed by atoms with Gasteiger partial charge in [-0.25, -0.2) is 0 Å². The minimum atomic E-state index is -0.600. The smallest absolute Gasteiger partial charge is 0.289 e. The van der Waals surface area contributed by atoms with Gasteiger partial charge < -0.3 is 10.2 Å². The van der Waals surface area contributed by atoms with Crippen LogP contribution in [0.25, 0.3) is 11.4 Å². The molecule has 0 aliphatic carbocycles. The van der Waals surface area contributed by atoms with Crippen LogP contribution in [0.5, 0.6) is 0 Å². The molecule has 1 amide bonds. The summed E-state index contributed by atoms with van der Waals surface area (Å²) in [5.41, 5.74) is 1.95. The topological polar surface area (TPSA) is 106 Å². The van der Waals surface area contributed by atoms with E-state index >= 15 is 0 Å². The Morgan fingerprint density at radius 1 is 1.31 bits per heavy atom. The van der Waals surface area contributed by atoms with E-state index in [2.05, 4.69) is 22.1 Å². The van der Waals surface area contributed by atoms with E-state index in [4.69, 9.17) is 11.6 Å². The van der Waals surface area contributed by atoms with Crippen molar-refractivity contribution < 1.29 is 9.72 Å². The summed E-state index contributed by atoms with van der Waals surface area (Å²) >= 11 is 7.02. The molecule has 166 valence electrons. The average molecular weight is 473 g/mol. The maximum absolute atomic E-state index is 12.4. The second-order valence-corrected chi connectivity index (χ2v) is 8.26. The Hall–Kier alpha value is -3.37. The number of nitrogens with zero attached hydrogens (tertiary/aromatic N) is 5. The Morgan fingerprint density at radius 2 is 2.09 bits per heavy atom. The first-order chi connectivity index (χ1) is 15.3. The van der Waals surface area contributed by atoms with Crippen molar-refractivity contribution in [1.82, 2.24) is 14.8 Å². The largest absolute Gasteiger partial charge is 0.378 e. The second kappa shape index (κ2) is 10.3. The number of thioether (sulfide) groups is 1. The molecule has 2 aromatic carbocycles. The summed E-state index contributed by atoms with van der Waals surface area (Å²) in [4.78, 5) is 24.8. The number of anilines is 2. The Bertz CT molecular complexity index is 1160. The van der Waals surface area contributed by atoms with Gasteiger partial charge >= 0.3 is 0 Å². The zero-order valence-electron chi connectivity index (χ0n) is 17.5. The van der Waals surface area contributed by atoms with Gasteiger partial charge in [-0.2, -0.15) is 0 Å². The molecule has 32 heavy (non-hydrogen) atoms. The highest BCUT2D eigenvalue weighted by Gasteiger charge is 2.17. The van der Waals surface area contributed by atoms with Crippen molar-refractivity contribution >= 4 is 46.3 Å². The summed E-state index contributed by atoms with van der Waals surface area (Å²) < 4.78 is 1.88. The third-order valence-electron chi connectivity index (χ3n) is 4.41. The highest BCUT2D eigenvalue weighted by Crippen LogP contribution is 2.29. The van der Waals surface area contributed by atoms with E-state index in [0.717, 1.165) is 11.3 Å². The van der Waals surface area contributed by atoms with Gasteiger partial charge in [-0.15, -0.1) is 16.8 Å². The molecule has 0 aliphatic heterocycles. The number of halogens is 1. The summed E-state index contributed by atoms with van der Waals surface area (Å²) in [6.07, 6.45) is 1.74. The first kappa shape index (κ1) is 23.3. The number of rotatable bonds is 9. The van der Waals surface area contributed by atoms with Crippen LogP contribution >= 0.6 is 23.4 Å². The minimum absolute atomic E-state index is 0.00534. The van der Waals surface area contributed by atoms with Crippen LogP contribution in [0.15, 0.2) is 60.3 Å². The number of allylic oxidation sites excluding steroid dienone is 1. The van der Waals surface area contributed by atoms with Gasteiger partial charge in [-0.3, -0.25) is 19.5 Å². The molecule has 3 aromatic rings. The predicted molar refractivity (Wildman–Crippen MR) is 127 cm³/mol. The van der Waals surface area contributed by atoms with Gasteiger partial charge in [0.25, 0.3) is 5.69 Å². The zero-order valence-corrected chi connectivity index (χ0v) is 19.1. The molecule has 0 aliphatic rings. The number of nitrogens with one attached hydrogen (secondary N) is 1. The molecule has 0 bridgehead atoms. The molecular formula is C21H21ClN6O3S. The van der Waals surface area contributed by atoms with E-state index < -0.39 is 4.92 Å². The van der Waals surface area contributed by atoms with Crippen molar-refractivity contribution in [2.75, 3.05) is 30.1 Å². The SMILES string of the molecule is C=CCn1c(SCC(=O)Nc2ccc(Cl)c([N+](=O)[O-])c2)nnc1-c1cccc(N(C)C)c1. The van der Waals surface area contributed by atoms with E-state index in [9.17, 15) is 14.9 Å². The summed E-state index contributed by atoms with van der Waals surface area (Å²) in [7, 11) is 3.92. The lowest BCUT2D eigenvalue weighted by Gasteiger charge is -2.14. The zero-order chi connectivity index (χ0) is 23.3. The predicted octanol–water partition coefficient (Wildman–Crippen LogP) is 4.49.